The molecule has 6 rings (SSSR count). The highest BCUT2D eigenvalue weighted by Crippen LogP contribution is 2.60. The van der Waals surface area contributed by atoms with Gasteiger partial charge in [-0.3, -0.25) is 19.5 Å². The SMILES string of the molecule is O=C(CCNC(=O)C12CC3CC(CC(C3)C1)C2)N1CCN(Cc2ccccn2)CC1. The molecule has 6 nitrogen and oxygen atoms in total. The lowest BCUT2D eigenvalue weighted by Crippen LogP contribution is -2.54. The third-order valence-electron chi connectivity index (χ3n) is 7.98. The lowest BCUT2D eigenvalue weighted by molar-refractivity contribution is -0.146. The molecule has 1 aromatic heterocycles. The molecule has 1 saturated heterocycles. The fourth-order valence-corrected chi connectivity index (χ4v) is 6.89. The molecular formula is C24H34N4O2. The van der Waals surface area contributed by atoms with Crippen LogP contribution in [0.25, 0.3) is 0 Å². The number of amides is 2. The van der Waals surface area contributed by atoms with Crippen molar-refractivity contribution in [3.05, 3.63) is 30.1 Å². The largest absolute Gasteiger partial charge is 0.355 e. The first-order chi connectivity index (χ1) is 14.6. The topological polar surface area (TPSA) is 65.5 Å². The van der Waals surface area contributed by atoms with Gasteiger partial charge in [-0.2, -0.15) is 0 Å². The second-order valence-corrected chi connectivity index (χ2v) is 10.2. The van der Waals surface area contributed by atoms with Crippen LogP contribution in [0.5, 0.6) is 0 Å². The van der Waals surface area contributed by atoms with Crippen LogP contribution in [0, 0.1) is 23.2 Å². The Morgan fingerprint density at radius 1 is 1.00 bits per heavy atom. The normalized spacial score (nSPS) is 32.9. The standard InChI is InChI=1S/C24H34N4O2/c29-22(28-9-7-27(8-10-28)17-21-3-1-2-5-25-21)4-6-26-23(30)24-14-18-11-19(15-24)13-20(12-18)16-24/h1-3,5,18-20H,4,6-17H2,(H,26,30). The molecular weight excluding hydrogens is 376 g/mol. The van der Waals surface area contributed by atoms with Gasteiger partial charge in [0.15, 0.2) is 0 Å². The summed E-state index contributed by atoms with van der Waals surface area (Å²) in [5.74, 6) is 2.70. The molecule has 5 aliphatic rings. The molecule has 1 N–H and O–H groups in total. The van der Waals surface area contributed by atoms with E-state index in [2.05, 4.69) is 15.2 Å². The molecule has 0 unspecified atom stereocenters. The van der Waals surface area contributed by atoms with Crippen LogP contribution < -0.4 is 5.32 Å². The van der Waals surface area contributed by atoms with Gasteiger partial charge in [0.05, 0.1) is 5.69 Å². The first-order valence-corrected chi connectivity index (χ1v) is 11.8. The average molecular weight is 411 g/mol. The molecule has 2 heterocycles. The zero-order valence-electron chi connectivity index (χ0n) is 17.9. The molecule has 1 aromatic rings. The van der Waals surface area contributed by atoms with E-state index in [9.17, 15) is 9.59 Å². The van der Waals surface area contributed by atoms with Gasteiger partial charge in [0, 0.05) is 57.3 Å². The first kappa shape index (κ1) is 20.0. The summed E-state index contributed by atoms with van der Waals surface area (Å²) in [7, 11) is 0. The number of carbonyl (C=O) groups excluding carboxylic acids is 2. The Balaban J connectivity index is 1.05. The van der Waals surface area contributed by atoms with Crippen LogP contribution in [0.15, 0.2) is 24.4 Å². The molecule has 0 spiro atoms. The van der Waals surface area contributed by atoms with E-state index in [1.165, 1.54) is 19.3 Å². The molecule has 0 aromatic carbocycles. The maximum absolute atomic E-state index is 13.0. The van der Waals surface area contributed by atoms with Gasteiger partial charge >= 0.3 is 0 Å². The van der Waals surface area contributed by atoms with E-state index in [4.69, 9.17) is 0 Å². The lowest BCUT2D eigenvalue weighted by atomic mass is 9.49. The highest BCUT2D eigenvalue weighted by atomic mass is 16.2. The van der Waals surface area contributed by atoms with Crippen molar-refractivity contribution in [3.63, 3.8) is 0 Å². The molecule has 2 amide bonds. The summed E-state index contributed by atoms with van der Waals surface area (Å²) in [5, 5.41) is 3.15. The molecule has 162 valence electrons. The second kappa shape index (κ2) is 8.29. The van der Waals surface area contributed by atoms with Gasteiger partial charge in [0.2, 0.25) is 11.8 Å². The van der Waals surface area contributed by atoms with Gasteiger partial charge in [-0.1, -0.05) is 6.07 Å². The summed E-state index contributed by atoms with van der Waals surface area (Å²) in [6, 6.07) is 5.99. The van der Waals surface area contributed by atoms with Crippen molar-refractivity contribution in [1.82, 2.24) is 20.1 Å². The molecule has 1 aliphatic heterocycles. The highest BCUT2D eigenvalue weighted by molar-refractivity contribution is 5.84. The van der Waals surface area contributed by atoms with Gasteiger partial charge in [0.25, 0.3) is 0 Å². The van der Waals surface area contributed by atoms with Crippen LogP contribution >= 0.6 is 0 Å². The molecule has 5 fully saturated rings. The van der Waals surface area contributed by atoms with Crippen LogP contribution in [0.4, 0.5) is 0 Å². The predicted molar refractivity (Wildman–Crippen MR) is 114 cm³/mol. The number of nitrogens with zero attached hydrogens (tertiary/aromatic N) is 3. The minimum Gasteiger partial charge on any atom is -0.355 e. The summed E-state index contributed by atoms with van der Waals surface area (Å²) in [5.41, 5.74) is 0.958. The van der Waals surface area contributed by atoms with E-state index in [1.54, 1.807) is 0 Å². The molecule has 4 bridgehead atoms. The fraction of sp³-hybridized carbons (Fsp3) is 0.708. The van der Waals surface area contributed by atoms with Gasteiger partial charge in [-0.15, -0.1) is 0 Å². The Labute approximate surface area is 179 Å². The Bertz CT molecular complexity index is 737. The summed E-state index contributed by atoms with van der Waals surface area (Å²) in [6.07, 6.45) is 9.52. The van der Waals surface area contributed by atoms with Crippen molar-refractivity contribution in [2.24, 2.45) is 23.2 Å². The van der Waals surface area contributed by atoms with E-state index in [0.29, 0.717) is 13.0 Å². The monoisotopic (exact) mass is 410 g/mol. The number of carbonyl (C=O) groups is 2. The minimum atomic E-state index is -0.116. The summed E-state index contributed by atoms with van der Waals surface area (Å²) in [4.78, 5) is 34.3. The Morgan fingerprint density at radius 3 is 2.27 bits per heavy atom. The molecule has 0 radical (unpaired) electrons. The zero-order chi connectivity index (χ0) is 20.6. The fourth-order valence-electron chi connectivity index (χ4n) is 6.89. The Morgan fingerprint density at radius 2 is 1.67 bits per heavy atom. The highest BCUT2D eigenvalue weighted by Gasteiger charge is 2.54. The predicted octanol–water partition coefficient (Wildman–Crippen LogP) is 2.45. The Kier molecular flexibility index (Phi) is 5.52. The molecule has 4 aliphatic carbocycles. The van der Waals surface area contributed by atoms with Crippen LogP contribution in [-0.4, -0.2) is 59.3 Å². The quantitative estimate of drug-likeness (QED) is 0.782. The van der Waals surface area contributed by atoms with Crippen molar-refractivity contribution < 1.29 is 9.59 Å². The van der Waals surface area contributed by atoms with Crippen molar-refractivity contribution in [1.29, 1.82) is 0 Å². The Hall–Kier alpha value is -1.95. The van der Waals surface area contributed by atoms with E-state index < -0.39 is 0 Å². The van der Waals surface area contributed by atoms with E-state index in [0.717, 1.165) is 75.4 Å². The molecule has 0 atom stereocenters. The average Bonchev–Trinajstić information content (AvgIpc) is 2.74. The lowest BCUT2D eigenvalue weighted by Gasteiger charge is -2.55. The van der Waals surface area contributed by atoms with Crippen LogP contribution in [0.1, 0.15) is 50.6 Å². The van der Waals surface area contributed by atoms with Gasteiger partial charge in [-0.25, -0.2) is 0 Å². The summed E-state index contributed by atoms with van der Waals surface area (Å²) < 4.78 is 0. The number of nitrogens with one attached hydrogen (secondary N) is 1. The number of hydrogen-bond acceptors (Lipinski definition) is 4. The van der Waals surface area contributed by atoms with E-state index >= 15 is 0 Å². The maximum Gasteiger partial charge on any atom is 0.226 e. The maximum atomic E-state index is 13.0. The van der Waals surface area contributed by atoms with Crippen molar-refractivity contribution in [2.45, 2.75) is 51.5 Å². The van der Waals surface area contributed by atoms with E-state index in [-0.39, 0.29) is 17.2 Å². The molecule has 4 saturated carbocycles. The number of aromatic nitrogens is 1. The third-order valence-corrected chi connectivity index (χ3v) is 7.98. The van der Waals surface area contributed by atoms with Crippen molar-refractivity contribution >= 4 is 11.8 Å². The second-order valence-electron chi connectivity index (χ2n) is 10.2. The van der Waals surface area contributed by atoms with Gasteiger partial charge in [-0.05, 0) is 68.4 Å². The zero-order valence-corrected chi connectivity index (χ0v) is 17.9. The van der Waals surface area contributed by atoms with Crippen LogP contribution in [-0.2, 0) is 16.1 Å². The molecule has 30 heavy (non-hydrogen) atoms. The molecule has 6 heteroatoms. The van der Waals surface area contributed by atoms with Gasteiger partial charge in [0.1, 0.15) is 0 Å². The number of piperazine rings is 1. The number of hydrogen-bond donors (Lipinski definition) is 1. The minimum absolute atomic E-state index is 0.116. The summed E-state index contributed by atoms with van der Waals surface area (Å²) >= 11 is 0. The van der Waals surface area contributed by atoms with Crippen LogP contribution in [0.3, 0.4) is 0 Å². The van der Waals surface area contributed by atoms with Crippen LogP contribution in [0.2, 0.25) is 0 Å². The van der Waals surface area contributed by atoms with Crippen molar-refractivity contribution in [3.8, 4) is 0 Å². The number of rotatable bonds is 6. The van der Waals surface area contributed by atoms with E-state index in [1.807, 2.05) is 29.3 Å². The smallest absolute Gasteiger partial charge is 0.226 e. The third kappa shape index (κ3) is 4.11. The first-order valence-electron chi connectivity index (χ1n) is 11.8. The summed E-state index contributed by atoms with van der Waals surface area (Å²) in [6.45, 7) is 4.59. The van der Waals surface area contributed by atoms with Gasteiger partial charge < -0.3 is 10.2 Å². The number of pyridine rings is 1. The van der Waals surface area contributed by atoms with Crippen molar-refractivity contribution in [2.75, 3.05) is 32.7 Å².